The van der Waals surface area contributed by atoms with Crippen molar-refractivity contribution in [2.75, 3.05) is 0 Å². The summed E-state index contributed by atoms with van der Waals surface area (Å²) in [5, 5.41) is 0. The fraction of sp³-hybridized carbons (Fsp3) is 0.364. The number of hydrogen-bond acceptors (Lipinski definition) is 1. The summed E-state index contributed by atoms with van der Waals surface area (Å²) in [5.41, 5.74) is 1.04. The Bertz CT molecular complexity index is 371. The molecule has 0 spiro atoms. The number of ether oxygens (including phenoxy) is 1. The quantitative estimate of drug-likeness (QED) is 0.761. The Labute approximate surface area is 104 Å². The van der Waals surface area contributed by atoms with Gasteiger partial charge in [-0.1, -0.05) is 0 Å². The van der Waals surface area contributed by atoms with Crippen molar-refractivity contribution in [1.29, 1.82) is 0 Å². The fourth-order valence-corrected chi connectivity index (χ4v) is 2.74. The zero-order valence-corrected chi connectivity index (χ0v) is 12.2. The molecule has 0 saturated heterocycles. The van der Waals surface area contributed by atoms with Gasteiger partial charge in [0.1, 0.15) is 0 Å². The Kier molecular flexibility index (Phi) is 5.25. The van der Waals surface area contributed by atoms with Crippen molar-refractivity contribution in [1.82, 2.24) is 0 Å². The van der Waals surface area contributed by atoms with Crippen molar-refractivity contribution in [3.63, 3.8) is 0 Å². The van der Waals surface area contributed by atoms with Crippen LogP contribution in [-0.4, -0.2) is 10.2 Å². The molecule has 0 bridgehead atoms. The molecule has 1 aromatic carbocycles. The molecule has 0 amide bonds. The van der Waals surface area contributed by atoms with E-state index in [9.17, 15) is 0 Å². The van der Waals surface area contributed by atoms with Crippen LogP contribution in [0.4, 0.5) is 0 Å². The van der Waals surface area contributed by atoms with Gasteiger partial charge in [0.2, 0.25) is 0 Å². The molecule has 4 heteroatoms. The van der Waals surface area contributed by atoms with Crippen molar-refractivity contribution >= 4 is 23.5 Å². The van der Waals surface area contributed by atoms with Crippen molar-refractivity contribution < 1.29 is 18.3 Å². The molecule has 0 aliphatic rings. The topological polar surface area (TPSA) is 9.23 Å². The first kappa shape index (κ1) is 13.2. The van der Waals surface area contributed by atoms with Gasteiger partial charge in [0, 0.05) is 0 Å². The number of hydrogen-bond donors (Lipinski definition) is 0. The maximum absolute atomic E-state index is 5.99. The monoisotopic (exact) mass is 334 g/mol. The van der Waals surface area contributed by atoms with Crippen molar-refractivity contribution in [3.05, 3.63) is 29.8 Å². The minimum atomic E-state index is -1.82. The number of para-hydroxylation sites is 1. The molecule has 0 aromatic heterocycles. The summed E-state index contributed by atoms with van der Waals surface area (Å²) in [6.07, 6.45) is 0.158. The van der Waals surface area contributed by atoms with Gasteiger partial charge in [-0.15, -0.1) is 0 Å². The van der Waals surface area contributed by atoms with Crippen LogP contribution in [0.5, 0.6) is 5.75 Å². The molecule has 0 N–H and O–H groups in total. The molecule has 0 aliphatic carbocycles. The summed E-state index contributed by atoms with van der Waals surface area (Å²) < 4.78 is 6.76. The van der Waals surface area contributed by atoms with E-state index in [-0.39, 0.29) is 6.10 Å². The Hall–Kier alpha value is 0.0934. The van der Waals surface area contributed by atoms with Gasteiger partial charge in [-0.25, -0.2) is 0 Å². The summed E-state index contributed by atoms with van der Waals surface area (Å²) in [4.78, 5) is 0. The van der Waals surface area contributed by atoms with E-state index in [0.29, 0.717) is 0 Å². The second kappa shape index (κ2) is 5.98. The van der Waals surface area contributed by atoms with E-state index in [4.69, 9.17) is 24.1 Å². The van der Waals surface area contributed by atoms with Crippen LogP contribution in [0.25, 0.3) is 0 Å². The zero-order chi connectivity index (χ0) is 11.4. The molecular weight excluding hydrogens is 320 g/mol. The molecule has 1 rings (SSSR count). The Balaban J connectivity index is 3.12. The van der Waals surface area contributed by atoms with Gasteiger partial charge in [-0.2, -0.15) is 0 Å². The zero-order valence-electron chi connectivity index (χ0n) is 8.90. The van der Waals surface area contributed by atoms with E-state index >= 15 is 0 Å². The van der Waals surface area contributed by atoms with Crippen LogP contribution in [0.2, 0.25) is 0 Å². The second-order valence-corrected chi connectivity index (χ2v) is 9.54. The van der Waals surface area contributed by atoms with E-state index in [2.05, 4.69) is 0 Å². The number of halogens is 2. The number of rotatable bonds is 3. The van der Waals surface area contributed by atoms with Crippen LogP contribution in [0.3, 0.4) is 0 Å². The molecule has 1 aromatic rings. The molecule has 0 fully saturated rings. The van der Waals surface area contributed by atoms with E-state index in [1.165, 1.54) is 0 Å². The first-order valence-corrected chi connectivity index (χ1v) is 9.96. The first-order valence-electron chi connectivity index (χ1n) is 4.62. The molecule has 1 nitrogen and oxygen atoms in total. The number of benzene rings is 1. The van der Waals surface area contributed by atoms with E-state index in [1.807, 2.05) is 45.0 Å². The Morgan fingerprint density at radius 2 is 1.87 bits per heavy atom. The van der Waals surface area contributed by atoms with Gasteiger partial charge < -0.3 is 0 Å². The molecule has 15 heavy (non-hydrogen) atoms. The molecule has 0 unspecified atom stereocenters. The molecule has 0 heterocycles. The van der Waals surface area contributed by atoms with Crippen LogP contribution in [0, 0.1) is 0 Å². The predicted octanol–water partition coefficient (Wildman–Crippen LogP) is 3.94. The predicted molar refractivity (Wildman–Crippen MR) is 63.7 cm³/mol. The van der Waals surface area contributed by atoms with Crippen LogP contribution in [0.15, 0.2) is 24.3 Å². The van der Waals surface area contributed by atoms with Crippen LogP contribution in [-0.2, 0) is 13.5 Å². The molecule has 0 aliphatic heterocycles. The van der Waals surface area contributed by atoms with Gasteiger partial charge in [-0.3, -0.25) is 0 Å². The first-order chi connectivity index (χ1) is 7.02. The van der Waals surface area contributed by atoms with Crippen molar-refractivity contribution in [3.8, 4) is 5.75 Å². The molecule has 0 saturated carbocycles. The maximum atomic E-state index is 5.99. The molecule has 0 radical (unpaired) electrons. The van der Waals surface area contributed by atoms with E-state index < -0.39 is 13.5 Å². The summed E-state index contributed by atoms with van der Waals surface area (Å²) in [5.74, 6) is 0.866. The molecule has 86 valence electrons. The average Bonchev–Trinajstić information content (AvgIpc) is 2.16. The van der Waals surface area contributed by atoms with E-state index in [1.54, 1.807) is 0 Å². The third-order valence-electron chi connectivity index (χ3n) is 1.81. The summed E-state index contributed by atoms with van der Waals surface area (Å²) in [6.45, 7) is 5.98. The van der Waals surface area contributed by atoms with Crippen LogP contribution >= 0.6 is 19.4 Å². The third kappa shape index (κ3) is 3.86. The van der Waals surface area contributed by atoms with Crippen molar-refractivity contribution in [2.24, 2.45) is 0 Å². The van der Waals surface area contributed by atoms with Gasteiger partial charge >= 0.3 is 104 Å². The molecular formula is C11H14Cl2ORu. The summed E-state index contributed by atoms with van der Waals surface area (Å²) in [6, 6.07) is 7.87. The Morgan fingerprint density at radius 3 is 2.40 bits per heavy atom. The SMILES string of the molecule is C[C](c1ccccc1OC(C)C)=[Ru]([Cl])[Cl]. The van der Waals surface area contributed by atoms with Crippen LogP contribution < -0.4 is 4.74 Å². The van der Waals surface area contributed by atoms with Crippen molar-refractivity contribution in [2.45, 2.75) is 26.9 Å². The summed E-state index contributed by atoms with van der Waals surface area (Å²) in [7, 11) is 12.0. The average molecular weight is 334 g/mol. The summed E-state index contributed by atoms with van der Waals surface area (Å²) >= 11 is -1.82. The molecule has 0 atom stereocenters. The minimum absolute atomic E-state index is 0.158. The fourth-order valence-electron chi connectivity index (χ4n) is 1.17. The normalized spacial score (nSPS) is 11.5. The van der Waals surface area contributed by atoms with Gasteiger partial charge in [0.25, 0.3) is 0 Å². The third-order valence-corrected chi connectivity index (χ3v) is 5.64. The standard InChI is InChI=1S/C11H14O.2ClH.Ru/c1-4-10-7-5-6-8-11(10)12-9(2)3;;;/h5-9H,1-3H3;2*1H;/q;;;+2/p-2. The second-order valence-electron chi connectivity index (χ2n) is 3.36. The van der Waals surface area contributed by atoms with Gasteiger partial charge in [0.15, 0.2) is 0 Å². The Morgan fingerprint density at radius 1 is 1.27 bits per heavy atom. The van der Waals surface area contributed by atoms with Gasteiger partial charge in [-0.05, 0) is 0 Å². The van der Waals surface area contributed by atoms with Gasteiger partial charge in [0.05, 0.1) is 0 Å². The van der Waals surface area contributed by atoms with Crippen LogP contribution in [0.1, 0.15) is 26.3 Å². The van der Waals surface area contributed by atoms with E-state index in [0.717, 1.165) is 15.4 Å².